The summed E-state index contributed by atoms with van der Waals surface area (Å²) in [7, 11) is -3.49. The number of nitrogens with one attached hydrogen (secondary N) is 1. The Kier molecular flexibility index (Phi) is 4.51. The highest BCUT2D eigenvalue weighted by molar-refractivity contribution is 7.92. The van der Waals surface area contributed by atoms with Gasteiger partial charge in [0, 0.05) is 0 Å². The topological polar surface area (TPSA) is 98.5 Å². The number of esters is 1. The lowest BCUT2D eigenvalue weighted by molar-refractivity contribution is 0.0472. The predicted molar refractivity (Wildman–Crippen MR) is 80.0 cm³/mol. The quantitative estimate of drug-likeness (QED) is 0.845. The van der Waals surface area contributed by atoms with E-state index in [2.05, 4.69) is 9.88 Å². The van der Waals surface area contributed by atoms with E-state index in [-0.39, 0.29) is 17.9 Å². The van der Waals surface area contributed by atoms with Gasteiger partial charge in [0.2, 0.25) is 10.0 Å². The summed E-state index contributed by atoms with van der Waals surface area (Å²) in [6.07, 6.45) is 1.01. The minimum Gasteiger partial charge on any atom is -0.457 e. The molecule has 0 saturated heterocycles. The summed E-state index contributed by atoms with van der Waals surface area (Å²) in [6.45, 7) is 3.48. The van der Waals surface area contributed by atoms with Crippen molar-refractivity contribution in [3.63, 3.8) is 0 Å². The SMILES string of the molecule is Cc1noc(C)c1COC(=O)c1ccccc1NS(C)(=O)=O. The molecule has 0 bridgehead atoms. The van der Waals surface area contributed by atoms with Crippen molar-refractivity contribution in [2.75, 3.05) is 11.0 Å². The number of benzene rings is 1. The number of ether oxygens (including phenoxy) is 1. The second-order valence-electron chi connectivity index (χ2n) is 4.80. The van der Waals surface area contributed by atoms with Gasteiger partial charge < -0.3 is 9.26 Å². The van der Waals surface area contributed by atoms with Gasteiger partial charge in [-0.25, -0.2) is 13.2 Å². The molecule has 7 nitrogen and oxygen atoms in total. The fourth-order valence-electron chi connectivity index (χ4n) is 1.87. The average molecular weight is 324 g/mol. The maximum atomic E-state index is 12.2. The summed E-state index contributed by atoms with van der Waals surface area (Å²) in [5.41, 5.74) is 1.66. The standard InChI is InChI=1S/C14H16N2O5S/c1-9-12(10(2)21-15-9)8-20-14(17)11-6-4-5-7-13(11)16-22(3,18)19/h4-7,16H,8H2,1-3H3. The Morgan fingerprint density at radius 3 is 2.59 bits per heavy atom. The number of hydrogen-bond donors (Lipinski definition) is 1. The molecule has 22 heavy (non-hydrogen) atoms. The van der Waals surface area contributed by atoms with Crippen LogP contribution in [0.1, 0.15) is 27.4 Å². The number of aryl methyl sites for hydroxylation is 2. The molecule has 1 aromatic heterocycles. The number of carbonyl (C=O) groups excluding carboxylic acids is 1. The highest BCUT2D eigenvalue weighted by Gasteiger charge is 2.17. The van der Waals surface area contributed by atoms with Crippen molar-refractivity contribution in [1.82, 2.24) is 5.16 Å². The molecule has 0 fully saturated rings. The van der Waals surface area contributed by atoms with Crippen LogP contribution in [0.4, 0.5) is 5.69 Å². The van der Waals surface area contributed by atoms with Gasteiger partial charge >= 0.3 is 5.97 Å². The van der Waals surface area contributed by atoms with E-state index in [9.17, 15) is 13.2 Å². The van der Waals surface area contributed by atoms with Crippen LogP contribution in [0, 0.1) is 13.8 Å². The van der Waals surface area contributed by atoms with Crippen LogP contribution in [0.3, 0.4) is 0 Å². The van der Waals surface area contributed by atoms with Crippen LogP contribution in [0.5, 0.6) is 0 Å². The van der Waals surface area contributed by atoms with Gasteiger partial charge in [-0.05, 0) is 26.0 Å². The molecule has 0 aliphatic rings. The molecule has 0 radical (unpaired) electrons. The number of aromatic nitrogens is 1. The second kappa shape index (κ2) is 6.18. The normalized spacial score (nSPS) is 11.2. The van der Waals surface area contributed by atoms with Gasteiger partial charge in [-0.1, -0.05) is 17.3 Å². The van der Waals surface area contributed by atoms with Crippen LogP contribution in [0.15, 0.2) is 28.8 Å². The Morgan fingerprint density at radius 1 is 1.32 bits per heavy atom. The fourth-order valence-corrected chi connectivity index (χ4v) is 2.45. The van der Waals surface area contributed by atoms with E-state index in [4.69, 9.17) is 9.26 Å². The molecule has 2 rings (SSSR count). The van der Waals surface area contributed by atoms with Crippen molar-refractivity contribution in [2.24, 2.45) is 0 Å². The van der Waals surface area contributed by atoms with Crippen molar-refractivity contribution < 1.29 is 22.5 Å². The molecule has 0 aliphatic carbocycles. The Hall–Kier alpha value is -2.35. The number of para-hydroxylation sites is 1. The first-order valence-electron chi connectivity index (χ1n) is 6.43. The molecule has 0 spiro atoms. The van der Waals surface area contributed by atoms with Crippen molar-refractivity contribution in [3.05, 3.63) is 46.8 Å². The number of hydrogen-bond acceptors (Lipinski definition) is 6. The van der Waals surface area contributed by atoms with Gasteiger partial charge in [0.05, 0.1) is 28.8 Å². The Bertz CT molecular complexity index is 776. The van der Waals surface area contributed by atoms with Gasteiger partial charge in [0.25, 0.3) is 0 Å². The monoisotopic (exact) mass is 324 g/mol. The lowest BCUT2D eigenvalue weighted by atomic mass is 10.2. The van der Waals surface area contributed by atoms with Crippen LogP contribution in [-0.4, -0.2) is 25.8 Å². The first kappa shape index (κ1) is 16.0. The van der Waals surface area contributed by atoms with Gasteiger partial charge in [-0.2, -0.15) is 0 Å². The van der Waals surface area contributed by atoms with E-state index >= 15 is 0 Å². The van der Waals surface area contributed by atoms with E-state index in [1.165, 1.54) is 12.1 Å². The molecule has 0 atom stereocenters. The molecule has 0 amide bonds. The zero-order valence-electron chi connectivity index (χ0n) is 12.4. The van der Waals surface area contributed by atoms with E-state index in [1.807, 2.05) is 0 Å². The van der Waals surface area contributed by atoms with Gasteiger partial charge in [-0.15, -0.1) is 0 Å². The number of anilines is 1. The molecule has 2 aromatic rings. The van der Waals surface area contributed by atoms with Gasteiger partial charge in [-0.3, -0.25) is 4.72 Å². The summed E-state index contributed by atoms with van der Waals surface area (Å²) in [4.78, 5) is 12.2. The van der Waals surface area contributed by atoms with Crippen LogP contribution >= 0.6 is 0 Å². The Morgan fingerprint density at radius 2 is 2.00 bits per heavy atom. The second-order valence-corrected chi connectivity index (χ2v) is 6.55. The van der Waals surface area contributed by atoms with Gasteiger partial charge in [0.1, 0.15) is 12.4 Å². The van der Waals surface area contributed by atoms with Crippen molar-refractivity contribution in [1.29, 1.82) is 0 Å². The number of rotatable bonds is 5. The highest BCUT2D eigenvalue weighted by atomic mass is 32.2. The zero-order valence-corrected chi connectivity index (χ0v) is 13.2. The minimum absolute atomic E-state index is 0.00715. The highest BCUT2D eigenvalue weighted by Crippen LogP contribution is 2.19. The Balaban J connectivity index is 2.17. The first-order chi connectivity index (χ1) is 10.3. The van der Waals surface area contributed by atoms with Crippen LogP contribution in [-0.2, 0) is 21.4 Å². The van der Waals surface area contributed by atoms with Crippen LogP contribution in [0.2, 0.25) is 0 Å². The van der Waals surface area contributed by atoms with E-state index in [0.717, 1.165) is 6.26 Å². The zero-order chi connectivity index (χ0) is 16.3. The first-order valence-corrected chi connectivity index (χ1v) is 8.33. The van der Waals surface area contributed by atoms with E-state index < -0.39 is 16.0 Å². The molecular formula is C14H16N2O5S. The summed E-state index contributed by atoms with van der Waals surface area (Å²) in [5, 5.41) is 3.77. The third kappa shape index (κ3) is 3.85. The van der Waals surface area contributed by atoms with Crippen molar-refractivity contribution in [3.8, 4) is 0 Å². The molecule has 0 saturated carbocycles. The van der Waals surface area contributed by atoms with Crippen molar-refractivity contribution >= 4 is 21.7 Å². The Labute approximate surface area is 128 Å². The summed E-state index contributed by atoms with van der Waals surface area (Å²) >= 11 is 0. The number of carbonyl (C=O) groups is 1. The molecule has 1 aromatic carbocycles. The molecule has 118 valence electrons. The summed E-state index contributed by atoms with van der Waals surface area (Å²) < 4.78 is 35.1. The smallest absolute Gasteiger partial charge is 0.340 e. The van der Waals surface area contributed by atoms with Crippen LogP contribution < -0.4 is 4.72 Å². The van der Waals surface area contributed by atoms with Crippen molar-refractivity contribution in [2.45, 2.75) is 20.5 Å². The maximum absolute atomic E-state index is 12.2. The lowest BCUT2D eigenvalue weighted by Crippen LogP contribution is -2.14. The molecular weight excluding hydrogens is 308 g/mol. The fraction of sp³-hybridized carbons (Fsp3) is 0.286. The largest absolute Gasteiger partial charge is 0.457 e. The molecule has 8 heteroatoms. The predicted octanol–water partition coefficient (Wildman–Crippen LogP) is 2.02. The van der Waals surface area contributed by atoms with Crippen LogP contribution in [0.25, 0.3) is 0 Å². The van der Waals surface area contributed by atoms with Gasteiger partial charge in [0.15, 0.2) is 0 Å². The summed E-state index contributed by atoms with van der Waals surface area (Å²) in [5.74, 6) is -0.0559. The third-order valence-corrected chi connectivity index (χ3v) is 3.56. The lowest BCUT2D eigenvalue weighted by Gasteiger charge is -2.10. The molecule has 0 unspecified atom stereocenters. The number of nitrogens with zero attached hydrogens (tertiary/aromatic N) is 1. The molecule has 1 heterocycles. The average Bonchev–Trinajstić information content (AvgIpc) is 2.74. The minimum atomic E-state index is -3.49. The van der Waals surface area contributed by atoms with E-state index in [0.29, 0.717) is 17.0 Å². The number of sulfonamides is 1. The molecule has 1 N–H and O–H groups in total. The molecule has 0 aliphatic heterocycles. The van der Waals surface area contributed by atoms with E-state index in [1.54, 1.807) is 26.0 Å². The maximum Gasteiger partial charge on any atom is 0.340 e. The summed E-state index contributed by atoms with van der Waals surface area (Å²) in [6, 6.07) is 6.23. The third-order valence-electron chi connectivity index (χ3n) is 2.97.